The van der Waals surface area contributed by atoms with Crippen LogP contribution in [0.3, 0.4) is 0 Å². The molecule has 0 rings (SSSR count). The van der Waals surface area contributed by atoms with Gasteiger partial charge in [0.15, 0.2) is 5.78 Å². The number of ether oxygens (including phenoxy) is 1. The second-order valence-corrected chi connectivity index (χ2v) is 2.01. The summed E-state index contributed by atoms with van der Waals surface area (Å²) in [4.78, 5) is 21.5. The van der Waals surface area contributed by atoms with Gasteiger partial charge in [0.2, 0.25) is 0 Å². The van der Waals surface area contributed by atoms with Crippen molar-refractivity contribution in [3.05, 3.63) is 11.6 Å². The lowest BCUT2D eigenvalue weighted by Crippen LogP contribution is -2.09. The zero-order valence-electron chi connectivity index (χ0n) is 7.11. The van der Waals surface area contributed by atoms with Crippen molar-refractivity contribution in [3.8, 4) is 6.07 Å². The highest BCUT2D eigenvalue weighted by Crippen LogP contribution is 1.96. The minimum atomic E-state index is -0.855. The van der Waals surface area contributed by atoms with Crippen molar-refractivity contribution in [1.82, 2.24) is 0 Å². The van der Waals surface area contributed by atoms with Gasteiger partial charge in [-0.2, -0.15) is 5.26 Å². The summed E-state index contributed by atoms with van der Waals surface area (Å²) in [6.07, 6.45) is 0.762. The van der Waals surface area contributed by atoms with Crippen LogP contribution in [0, 0.1) is 11.3 Å². The maximum absolute atomic E-state index is 10.9. The van der Waals surface area contributed by atoms with E-state index in [1.165, 1.54) is 6.07 Å². The third-order valence-corrected chi connectivity index (χ3v) is 1.08. The van der Waals surface area contributed by atoms with Crippen LogP contribution in [0.1, 0.15) is 6.92 Å². The highest BCUT2D eigenvalue weighted by atomic mass is 16.5. The van der Waals surface area contributed by atoms with Gasteiger partial charge in [-0.25, -0.2) is 4.79 Å². The van der Waals surface area contributed by atoms with Gasteiger partial charge in [0.05, 0.1) is 6.61 Å². The predicted molar refractivity (Wildman–Crippen MR) is 42.4 cm³/mol. The second kappa shape index (κ2) is 5.91. The van der Waals surface area contributed by atoms with Gasteiger partial charge in [-0.1, -0.05) is 0 Å². The Kier molecular flexibility index (Phi) is 5.15. The number of hydrogen-bond donors (Lipinski definition) is 1. The molecule has 0 spiro atoms. The van der Waals surface area contributed by atoms with Crippen LogP contribution in [-0.2, 0) is 14.3 Å². The summed E-state index contributed by atoms with van der Waals surface area (Å²) in [7, 11) is 0. The van der Waals surface area contributed by atoms with E-state index in [0.717, 1.165) is 6.08 Å². The molecule has 1 N–H and O–H groups in total. The number of rotatable bonds is 4. The van der Waals surface area contributed by atoms with Crippen molar-refractivity contribution in [2.75, 3.05) is 13.2 Å². The summed E-state index contributed by atoms with van der Waals surface area (Å²) in [6.45, 7) is 0.983. The molecule has 0 fully saturated rings. The summed E-state index contributed by atoms with van der Waals surface area (Å²) in [5, 5.41) is 16.7. The predicted octanol–water partition coefficient (Wildman–Crippen LogP) is -0.439. The zero-order valence-corrected chi connectivity index (χ0v) is 7.11. The molecule has 5 heteroatoms. The summed E-state index contributed by atoms with van der Waals surface area (Å²) < 4.78 is 4.48. The molecule has 0 aromatic rings. The maximum atomic E-state index is 10.9. The lowest BCUT2D eigenvalue weighted by molar-refractivity contribution is -0.138. The van der Waals surface area contributed by atoms with Crippen LogP contribution in [0.5, 0.6) is 0 Å². The standard InChI is InChI=1S/C8H9NO4/c1-2-13-8(12)6(4-9)3-7(11)5-10/h3,10H,2,5H2,1H3. The van der Waals surface area contributed by atoms with E-state index in [-0.39, 0.29) is 6.61 Å². The first kappa shape index (κ1) is 11.3. The van der Waals surface area contributed by atoms with Crippen LogP contribution in [0.2, 0.25) is 0 Å². The number of aliphatic hydroxyl groups excluding tert-OH is 1. The molecule has 0 unspecified atom stereocenters. The fourth-order valence-electron chi connectivity index (χ4n) is 0.552. The first-order valence-corrected chi connectivity index (χ1v) is 3.58. The molecule has 0 atom stereocenters. The average Bonchev–Trinajstić information content (AvgIpc) is 2.14. The topological polar surface area (TPSA) is 87.4 Å². The van der Waals surface area contributed by atoms with Crippen molar-refractivity contribution in [2.24, 2.45) is 0 Å². The molecule has 5 nitrogen and oxygen atoms in total. The SMILES string of the molecule is CCOC(=O)C(C#N)=CC(=O)CO. The minimum Gasteiger partial charge on any atom is -0.462 e. The molecule has 13 heavy (non-hydrogen) atoms. The Bertz CT molecular complexity index is 274. The normalized spacial score (nSPS) is 10.4. The molecule has 0 amide bonds. The van der Waals surface area contributed by atoms with Crippen LogP contribution in [0.4, 0.5) is 0 Å². The molecule has 0 saturated heterocycles. The summed E-state index contributed by atoms with van der Waals surface area (Å²) in [5.41, 5.74) is -0.402. The molecule has 0 aliphatic carbocycles. The number of nitrogens with zero attached hydrogens (tertiary/aromatic N) is 1. The third kappa shape index (κ3) is 4.03. The van der Waals surface area contributed by atoms with Gasteiger partial charge in [0.25, 0.3) is 0 Å². The third-order valence-electron chi connectivity index (χ3n) is 1.08. The van der Waals surface area contributed by atoms with E-state index in [1.54, 1.807) is 6.92 Å². The average molecular weight is 183 g/mol. The number of hydrogen-bond acceptors (Lipinski definition) is 5. The van der Waals surface area contributed by atoms with Crippen LogP contribution in [-0.4, -0.2) is 30.1 Å². The van der Waals surface area contributed by atoms with Gasteiger partial charge in [-0.15, -0.1) is 0 Å². The molecular formula is C8H9NO4. The van der Waals surface area contributed by atoms with E-state index in [9.17, 15) is 9.59 Å². The second-order valence-electron chi connectivity index (χ2n) is 2.01. The molecule has 0 aromatic heterocycles. The van der Waals surface area contributed by atoms with Crippen molar-refractivity contribution in [1.29, 1.82) is 5.26 Å². The highest BCUT2D eigenvalue weighted by Gasteiger charge is 2.10. The Morgan fingerprint density at radius 1 is 1.62 bits per heavy atom. The summed E-state index contributed by atoms with van der Waals surface area (Å²) in [6, 6.07) is 1.51. The van der Waals surface area contributed by atoms with Gasteiger partial charge in [-0.05, 0) is 6.92 Å². The monoisotopic (exact) mass is 183 g/mol. The van der Waals surface area contributed by atoms with Gasteiger partial charge in [0, 0.05) is 6.08 Å². The fraction of sp³-hybridized carbons (Fsp3) is 0.375. The molecule has 0 aliphatic heterocycles. The molecule has 70 valence electrons. The quantitative estimate of drug-likeness (QED) is 0.362. The number of carbonyl (C=O) groups excluding carboxylic acids is 2. The Morgan fingerprint density at radius 3 is 2.62 bits per heavy atom. The zero-order chi connectivity index (χ0) is 10.3. The Labute approximate surface area is 75.2 Å². The van der Waals surface area contributed by atoms with Gasteiger partial charge in [-0.3, -0.25) is 4.79 Å². The smallest absolute Gasteiger partial charge is 0.349 e. The lowest BCUT2D eigenvalue weighted by atomic mass is 10.2. The molecule has 0 aromatic carbocycles. The van der Waals surface area contributed by atoms with Crippen LogP contribution in [0.25, 0.3) is 0 Å². The van der Waals surface area contributed by atoms with Crippen LogP contribution in [0.15, 0.2) is 11.6 Å². The van der Waals surface area contributed by atoms with Gasteiger partial charge in [0.1, 0.15) is 18.2 Å². The van der Waals surface area contributed by atoms with Crippen LogP contribution >= 0.6 is 0 Å². The van der Waals surface area contributed by atoms with E-state index in [4.69, 9.17) is 10.4 Å². The van der Waals surface area contributed by atoms with E-state index >= 15 is 0 Å². The fourth-order valence-corrected chi connectivity index (χ4v) is 0.552. The Hall–Kier alpha value is -1.67. The van der Waals surface area contributed by atoms with E-state index in [2.05, 4.69) is 4.74 Å². The molecule has 0 aliphatic rings. The number of esters is 1. The van der Waals surface area contributed by atoms with E-state index in [0.29, 0.717) is 0 Å². The number of aliphatic hydroxyl groups is 1. The van der Waals surface area contributed by atoms with Gasteiger partial charge < -0.3 is 9.84 Å². The van der Waals surface area contributed by atoms with Crippen molar-refractivity contribution < 1.29 is 19.4 Å². The molecule has 0 radical (unpaired) electrons. The molecule has 0 saturated carbocycles. The van der Waals surface area contributed by atoms with E-state index in [1.807, 2.05) is 0 Å². The minimum absolute atomic E-state index is 0.130. The number of nitriles is 1. The highest BCUT2D eigenvalue weighted by molar-refractivity contribution is 6.02. The number of carbonyl (C=O) groups is 2. The van der Waals surface area contributed by atoms with Crippen molar-refractivity contribution in [2.45, 2.75) is 6.92 Å². The molecule has 0 heterocycles. The Balaban J connectivity index is 4.52. The first-order chi connectivity index (χ1) is 6.15. The molecular weight excluding hydrogens is 174 g/mol. The van der Waals surface area contributed by atoms with E-state index < -0.39 is 23.9 Å². The maximum Gasteiger partial charge on any atom is 0.349 e. The largest absolute Gasteiger partial charge is 0.462 e. The lowest BCUT2D eigenvalue weighted by Gasteiger charge is -1.97. The van der Waals surface area contributed by atoms with Crippen molar-refractivity contribution >= 4 is 11.8 Å². The van der Waals surface area contributed by atoms with Crippen LogP contribution < -0.4 is 0 Å². The summed E-state index contributed by atoms with van der Waals surface area (Å²) in [5.74, 6) is -1.56. The first-order valence-electron chi connectivity index (χ1n) is 3.58. The number of ketones is 1. The van der Waals surface area contributed by atoms with Gasteiger partial charge >= 0.3 is 5.97 Å². The summed E-state index contributed by atoms with van der Waals surface area (Å²) >= 11 is 0. The van der Waals surface area contributed by atoms with Crippen molar-refractivity contribution in [3.63, 3.8) is 0 Å². The molecule has 0 bridgehead atoms. The Morgan fingerprint density at radius 2 is 2.23 bits per heavy atom.